The van der Waals surface area contributed by atoms with E-state index in [1.165, 1.54) is 0 Å². The molecule has 0 saturated heterocycles. The van der Waals surface area contributed by atoms with Crippen LogP contribution in [0.4, 0.5) is 5.69 Å². The van der Waals surface area contributed by atoms with Crippen LogP contribution < -0.4 is 5.72 Å². The smallest absolute Gasteiger partial charge is 0.337 e. The second-order valence-corrected chi connectivity index (χ2v) is 1.89. The third kappa shape index (κ3) is 1.24. The molecule has 0 fully saturated rings. The highest BCUT2D eigenvalue weighted by Gasteiger charge is 2.09. The molecule has 0 aliphatic carbocycles. The van der Waals surface area contributed by atoms with Gasteiger partial charge in [-0.2, -0.15) is 0 Å². The third-order valence-electron chi connectivity index (χ3n) is 1.18. The molecule has 0 bridgehead atoms. The quantitative estimate of drug-likeness (QED) is 0.434. The van der Waals surface area contributed by atoms with E-state index in [-0.39, 0.29) is 17.3 Å². The molecule has 0 heterocycles. The van der Waals surface area contributed by atoms with Crippen molar-refractivity contribution in [1.29, 1.82) is 0 Å². The summed E-state index contributed by atoms with van der Waals surface area (Å²) in [5, 5.41) is 17.9. The lowest BCUT2D eigenvalue weighted by atomic mass is 10.2. The second-order valence-electron chi connectivity index (χ2n) is 1.89. The number of hydrogen-bond acceptors (Lipinski definition) is 3. The van der Waals surface area contributed by atoms with E-state index < -0.39 is 17.4 Å². The monoisotopic (exact) mass is 156 g/mol. The summed E-state index contributed by atoms with van der Waals surface area (Å²) in [4.78, 5) is 10.6. The number of aromatic hydroxyl groups is 1. The summed E-state index contributed by atoms with van der Waals surface area (Å²) in [7, 11) is 0. The van der Waals surface area contributed by atoms with Crippen LogP contribution in [0.3, 0.4) is 0 Å². The van der Waals surface area contributed by atoms with Gasteiger partial charge in [0.15, 0.2) is 2.82 Å². The largest absolute Gasteiger partial charge is 0.506 e. The first-order valence-corrected chi connectivity index (χ1v) is 2.79. The van der Waals surface area contributed by atoms with Gasteiger partial charge in [-0.1, -0.05) is 6.07 Å². The standard InChI is InChI=1S/C7H7NO3/c8-6-4(7(10)11)2-1-3-5(6)9/h1-3,9H,8H2,(H,10,11)/i3D/hD2. The van der Waals surface area contributed by atoms with Crippen LogP contribution in [-0.2, 0) is 0 Å². The normalized spacial score (nSPS) is 12.9. The van der Waals surface area contributed by atoms with E-state index in [0.717, 1.165) is 12.1 Å². The van der Waals surface area contributed by atoms with Crippen LogP contribution in [0, 0.1) is 0 Å². The maximum Gasteiger partial charge on any atom is 0.337 e. The molecule has 58 valence electrons. The van der Waals surface area contributed by atoms with Gasteiger partial charge in [0, 0.05) is 0 Å². The maximum atomic E-state index is 10.6. The molecule has 0 aliphatic heterocycles. The number of anilines is 1. The van der Waals surface area contributed by atoms with Crippen molar-refractivity contribution in [2.75, 3.05) is 5.72 Å². The Morgan fingerprint density at radius 1 is 1.82 bits per heavy atom. The molecule has 1 aromatic carbocycles. The van der Waals surface area contributed by atoms with Gasteiger partial charge >= 0.3 is 5.97 Å². The molecule has 0 saturated carbocycles. The fourth-order valence-electron chi connectivity index (χ4n) is 0.651. The fourth-order valence-corrected chi connectivity index (χ4v) is 0.651. The first-order valence-electron chi connectivity index (χ1n) is 4.18. The zero-order valence-electron chi connectivity index (χ0n) is 8.40. The van der Waals surface area contributed by atoms with Crippen LogP contribution >= 0.6 is 0 Å². The number of phenols is 1. The van der Waals surface area contributed by atoms with Crippen molar-refractivity contribution in [1.82, 2.24) is 0 Å². The van der Waals surface area contributed by atoms with Crippen molar-refractivity contribution in [3.8, 4) is 5.75 Å². The van der Waals surface area contributed by atoms with E-state index >= 15 is 0 Å². The summed E-state index contributed by atoms with van der Waals surface area (Å²) in [6.45, 7) is 0. The van der Waals surface area contributed by atoms with Crippen LogP contribution in [0.15, 0.2) is 18.2 Å². The molecule has 11 heavy (non-hydrogen) atoms. The molecule has 0 amide bonds. The highest BCUT2D eigenvalue weighted by Crippen LogP contribution is 2.22. The third-order valence-corrected chi connectivity index (χ3v) is 1.18. The van der Waals surface area contributed by atoms with Crippen molar-refractivity contribution in [2.45, 2.75) is 0 Å². The first kappa shape index (κ1) is 4.23. The van der Waals surface area contributed by atoms with Crippen LogP contribution in [0.25, 0.3) is 0 Å². The Hall–Kier alpha value is -1.71. The number of nitrogen functional groups attached to an aromatic ring is 1. The van der Waals surface area contributed by atoms with Gasteiger partial charge in [-0.25, -0.2) is 4.79 Å². The van der Waals surface area contributed by atoms with Crippen molar-refractivity contribution in [3.63, 3.8) is 0 Å². The number of nitrogens with two attached hydrogens (primary N) is 1. The Labute approximate surface area is 67.2 Å². The Kier molecular flexibility index (Phi) is 0.958. The summed E-state index contributed by atoms with van der Waals surface area (Å²) in [6.07, 6.45) is 0. The molecule has 0 unspecified atom stereocenters. The molecule has 1 rings (SSSR count). The Morgan fingerprint density at radius 3 is 3.09 bits per heavy atom. The van der Waals surface area contributed by atoms with Crippen LogP contribution in [0.1, 0.15) is 11.7 Å². The van der Waals surface area contributed by atoms with Crippen LogP contribution in [0.2, 0.25) is 2.82 Å². The van der Waals surface area contributed by atoms with Crippen LogP contribution in [-0.4, -0.2) is 16.2 Å². The molecule has 0 aliphatic rings. The van der Waals surface area contributed by atoms with Crippen molar-refractivity contribution in [2.24, 2.45) is 0 Å². The Balaban J connectivity index is 3.45. The topological polar surface area (TPSA) is 83.5 Å². The Bertz CT molecular complexity index is 381. The minimum atomic E-state index is -1.36. The molecule has 4 nitrogen and oxygen atoms in total. The summed E-state index contributed by atoms with van der Waals surface area (Å²) in [6, 6.07) is 1.83. The molecular formula is C7H7NO3. The van der Waals surface area contributed by atoms with E-state index in [1.807, 2.05) is 0 Å². The number of carboxylic acids is 1. The van der Waals surface area contributed by atoms with Gasteiger partial charge in [0.05, 0.1) is 12.6 Å². The highest BCUT2D eigenvalue weighted by atomic mass is 16.4. The average Bonchev–Trinajstić information content (AvgIpc) is 2.08. The van der Waals surface area contributed by atoms with E-state index in [1.54, 1.807) is 0 Å². The van der Waals surface area contributed by atoms with Gasteiger partial charge in [-0.05, 0) is 12.1 Å². The molecule has 1 aromatic rings. The number of carbonyl (C=O) groups is 1. The molecule has 0 radical (unpaired) electrons. The number of aromatic carboxylic acids is 1. The molecule has 4 N–H and O–H groups in total. The van der Waals surface area contributed by atoms with Crippen molar-refractivity contribution >= 4 is 11.7 Å². The summed E-state index contributed by atoms with van der Waals surface area (Å²) in [5.41, 5.74) is -0.926. The van der Waals surface area contributed by atoms with Gasteiger partial charge in [0.25, 0.3) is 0 Å². The lowest BCUT2D eigenvalue weighted by Gasteiger charge is -2.00. The lowest BCUT2D eigenvalue weighted by Crippen LogP contribution is -2.01. The van der Waals surface area contributed by atoms with Crippen molar-refractivity contribution in [3.05, 3.63) is 23.7 Å². The number of benzene rings is 1. The maximum absolute atomic E-state index is 10.6. The van der Waals surface area contributed by atoms with E-state index in [2.05, 4.69) is 0 Å². The summed E-state index contributed by atoms with van der Waals surface area (Å²) >= 11 is 0. The average molecular weight is 156 g/mol. The predicted molar refractivity (Wildman–Crippen MR) is 39.5 cm³/mol. The number of hydrogen-bond donors (Lipinski definition) is 3. The minimum absolute atomic E-state index is 0.0309. The number of rotatable bonds is 2. The van der Waals surface area contributed by atoms with Gasteiger partial charge in [-0.3, -0.25) is 0 Å². The highest BCUT2D eigenvalue weighted by molar-refractivity contribution is 5.95. The number of para-hydroxylation sites is 1. The first-order chi connectivity index (χ1) is 6.45. The molecule has 4 heteroatoms. The van der Waals surface area contributed by atoms with Gasteiger partial charge < -0.3 is 15.9 Å². The van der Waals surface area contributed by atoms with Gasteiger partial charge in [-0.15, -0.1) is 0 Å². The zero-order valence-corrected chi connectivity index (χ0v) is 5.40. The fraction of sp³-hybridized carbons (Fsp3) is 0. The summed E-state index contributed by atoms with van der Waals surface area (Å²) in [5.74, 6) is -2.05. The Morgan fingerprint density at radius 2 is 2.55 bits per heavy atom. The van der Waals surface area contributed by atoms with Gasteiger partial charge in [0.2, 0.25) is 0 Å². The number of phenolic OH excluding ortho intramolecular Hbond substituents is 1. The van der Waals surface area contributed by atoms with E-state index in [4.69, 9.17) is 9.30 Å². The molecule has 0 aromatic heterocycles. The summed E-state index contributed by atoms with van der Waals surface area (Å²) < 4.78 is 20.9. The zero-order chi connectivity index (χ0) is 10.9. The molecule has 0 atom stereocenters. The van der Waals surface area contributed by atoms with E-state index in [0.29, 0.717) is 0 Å². The SMILES string of the molecule is [2H]c1ccc(C(=O)O)c(N([2H])[2H])c1O. The second kappa shape index (κ2) is 2.49. The van der Waals surface area contributed by atoms with Crippen molar-refractivity contribution < 1.29 is 19.2 Å². The van der Waals surface area contributed by atoms with Gasteiger partial charge in [0.1, 0.15) is 5.75 Å². The lowest BCUT2D eigenvalue weighted by molar-refractivity contribution is 0.0697. The predicted octanol–water partition coefficient (Wildman–Crippen LogP) is 0.673. The molecular weight excluding hydrogens is 146 g/mol. The van der Waals surface area contributed by atoms with E-state index in [9.17, 15) is 9.90 Å². The van der Waals surface area contributed by atoms with Crippen LogP contribution in [0.5, 0.6) is 5.75 Å². The number of carboxylic acid groups (broad SMARTS) is 1. The molecule has 0 spiro atoms. The minimum Gasteiger partial charge on any atom is -0.506 e.